The number of benzene rings is 1. The zero-order chi connectivity index (χ0) is 13.0. The Morgan fingerprint density at radius 1 is 1.56 bits per heavy atom. The normalized spacial score (nSPS) is 9.72. The minimum Gasteiger partial charge on any atom is -0.479 e. The van der Waals surface area contributed by atoms with Crippen molar-refractivity contribution in [2.24, 2.45) is 5.73 Å². The lowest BCUT2D eigenvalue weighted by Crippen LogP contribution is -2.12. The van der Waals surface area contributed by atoms with E-state index in [0.29, 0.717) is 17.0 Å². The molecule has 0 radical (unpaired) electrons. The first kappa shape index (κ1) is 11.6. The number of aromatic nitrogens is 4. The average molecular weight is 242 g/mol. The Morgan fingerprint density at radius 2 is 2.39 bits per heavy atom. The van der Waals surface area contributed by atoms with Crippen LogP contribution in [0.2, 0.25) is 0 Å². The van der Waals surface area contributed by atoms with E-state index in [1.807, 2.05) is 0 Å². The fourth-order valence-corrected chi connectivity index (χ4v) is 1.38. The average Bonchev–Trinajstić information content (AvgIpc) is 2.89. The molecule has 0 saturated carbocycles. The second kappa shape index (κ2) is 4.97. The highest BCUT2D eigenvalue weighted by molar-refractivity contribution is 5.95. The first-order chi connectivity index (χ1) is 8.72. The molecule has 0 fully saturated rings. The molecule has 0 atom stereocenters. The number of nitrogens with zero attached hydrogens (tertiary/aromatic N) is 4. The number of tetrazole rings is 1. The van der Waals surface area contributed by atoms with E-state index in [4.69, 9.17) is 22.3 Å². The number of amidine groups is 1. The van der Waals surface area contributed by atoms with Crippen molar-refractivity contribution < 1.29 is 4.74 Å². The fraction of sp³-hybridized carbons (Fsp3) is 0.0909. The third-order valence-corrected chi connectivity index (χ3v) is 2.18. The van der Waals surface area contributed by atoms with Crippen LogP contribution in [0.25, 0.3) is 5.69 Å². The second-order valence-corrected chi connectivity index (χ2v) is 3.34. The van der Waals surface area contributed by atoms with Gasteiger partial charge in [-0.15, -0.1) is 11.5 Å². The van der Waals surface area contributed by atoms with Gasteiger partial charge in [-0.25, -0.2) is 0 Å². The number of nitrogens with one attached hydrogen (secondary N) is 1. The number of terminal acetylenes is 1. The van der Waals surface area contributed by atoms with Gasteiger partial charge >= 0.3 is 0 Å². The molecule has 0 amide bonds. The lowest BCUT2D eigenvalue weighted by atomic mass is 10.1. The van der Waals surface area contributed by atoms with Crippen LogP contribution >= 0.6 is 0 Å². The third-order valence-electron chi connectivity index (χ3n) is 2.18. The Balaban J connectivity index is 2.47. The molecular formula is C11H10N6O. The summed E-state index contributed by atoms with van der Waals surface area (Å²) in [6.07, 6.45) is 6.57. The molecule has 0 bridgehead atoms. The van der Waals surface area contributed by atoms with Crippen LogP contribution in [-0.2, 0) is 0 Å². The van der Waals surface area contributed by atoms with E-state index in [1.165, 1.54) is 11.0 Å². The molecular weight excluding hydrogens is 232 g/mol. The van der Waals surface area contributed by atoms with Crippen molar-refractivity contribution >= 4 is 5.84 Å². The molecule has 1 heterocycles. The quantitative estimate of drug-likeness (QED) is 0.445. The Kier molecular flexibility index (Phi) is 3.20. The van der Waals surface area contributed by atoms with Crippen molar-refractivity contribution in [3.63, 3.8) is 0 Å². The molecule has 1 aromatic heterocycles. The van der Waals surface area contributed by atoms with Crippen LogP contribution in [0.15, 0.2) is 24.5 Å². The van der Waals surface area contributed by atoms with Gasteiger partial charge in [0.1, 0.15) is 30.2 Å². The standard InChI is InChI=1S/C11H10N6O/c1-2-5-18-10-4-3-8(11(12)13)6-9(10)17-7-14-15-16-17/h1,3-4,6-7H,5H2,(H3,12,13). The van der Waals surface area contributed by atoms with Gasteiger partial charge in [-0.2, -0.15) is 4.68 Å². The predicted molar refractivity (Wildman–Crippen MR) is 64.5 cm³/mol. The molecule has 90 valence electrons. The first-order valence-corrected chi connectivity index (χ1v) is 5.00. The lowest BCUT2D eigenvalue weighted by molar-refractivity contribution is 0.368. The monoisotopic (exact) mass is 242 g/mol. The van der Waals surface area contributed by atoms with Crippen molar-refractivity contribution in [2.45, 2.75) is 0 Å². The van der Waals surface area contributed by atoms with Crippen LogP contribution < -0.4 is 10.5 Å². The number of nitrogen functional groups attached to an aromatic ring is 1. The maximum absolute atomic E-state index is 7.41. The van der Waals surface area contributed by atoms with Gasteiger partial charge in [-0.1, -0.05) is 5.92 Å². The molecule has 7 heteroatoms. The van der Waals surface area contributed by atoms with E-state index in [9.17, 15) is 0 Å². The summed E-state index contributed by atoms with van der Waals surface area (Å²) in [7, 11) is 0. The van der Waals surface area contributed by atoms with Gasteiger partial charge in [0.15, 0.2) is 0 Å². The van der Waals surface area contributed by atoms with Crippen molar-refractivity contribution in [3.8, 4) is 23.8 Å². The highest BCUT2D eigenvalue weighted by atomic mass is 16.5. The smallest absolute Gasteiger partial charge is 0.148 e. The Morgan fingerprint density at radius 3 is 3.00 bits per heavy atom. The van der Waals surface area contributed by atoms with Crippen LogP contribution in [0.3, 0.4) is 0 Å². The number of hydrogen-bond donors (Lipinski definition) is 2. The van der Waals surface area contributed by atoms with Gasteiger partial charge < -0.3 is 10.5 Å². The van der Waals surface area contributed by atoms with Crippen LogP contribution in [0.4, 0.5) is 0 Å². The van der Waals surface area contributed by atoms with Crippen LogP contribution in [-0.4, -0.2) is 32.6 Å². The molecule has 0 unspecified atom stereocenters. The SMILES string of the molecule is C#CCOc1ccc(C(=N)N)cc1-n1cnnn1. The Labute approximate surface area is 103 Å². The highest BCUT2D eigenvalue weighted by Gasteiger charge is 2.09. The Bertz CT molecular complexity index is 598. The largest absolute Gasteiger partial charge is 0.479 e. The van der Waals surface area contributed by atoms with Crippen LogP contribution in [0, 0.1) is 17.8 Å². The molecule has 18 heavy (non-hydrogen) atoms. The summed E-state index contributed by atoms with van der Waals surface area (Å²) in [6.45, 7) is 0.133. The predicted octanol–water partition coefficient (Wildman–Crippen LogP) is -0.0416. The first-order valence-electron chi connectivity index (χ1n) is 5.00. The third kappa shape index (κ3) is 2.27. The van der Waals surface area contributed by atoms with Gasteiger partial charge in [0.05, 0.1) is 0 Å². The fourth-order valence-electron chi connectivity index (χ4n) is 1.38. The van der Waals surface area contributed by atoms with E-state index in [-0.39, 0.29) is 12.4 Å². The minimum atomic E-state index is -0.0483. The zero-order valence-electron chi connectivity index (χ0n) is 9.37. The molecule has 0 saturated heterocycles. The summed E-state index contributed by atoms with van der Waals surface area (Å²) in [5.41, 5.74) is 6.56. The maximum Gasteiger partial charge on any atom is 0.148 e. The van der Waals surface area contributed by atoms with Gasteiger partial charge in [0, 0.05) is 5.56 Å². The zero-order valence-corrected chi connectivity index (χ0v) is 9.37. The van der Waals surface area contributed by atoms with Gasteiger partial charge in [-0.3, -0.25) is 5.41 Å². The number of hydrogen-bond acceptors (Lipinski definition) is 5. The number of ether oxygens (including phenoxy) is 1. The van der Waals surface area contributed by atoms with Crippen molar-refractivity contribution in [1.82, 2.24) is 20.2 Å². The molecule has 2 aromatic rings. The van der Waals surface area contributed by atoms with E-state index < -0.39 is 0 Å². The summed E-state index contributed by atoms with van der Waals surface area (Å²) in [5.74, 6) is 2.85. The molecule has 3 N–H and O–H groups in total. The molecule has 0 aliphatic rings. The molecule has 2 rings (SSSR count). The molecule has 0 aliphatic heterocycles. The van der Waals surface area contributed by atoms with E-state index in [0.717, 1.165) is 0 Å². The van der Waals surface area contributed by atoms with Gasteiger partial charge in [-0.05, 0) is 28.6 Å². The Hall–Kier alpha value is -2.88. The molecule has 0 spiro atoms. The molecule has 1 aromatic carbocycles. The second-order valence-electron chi connectivity index (χ2n) is 3.34. The van der Waals surface area contributed by atoms with Crippen molar-refractivity contribution in [2.75, 3.05) is 6.61 Å². The highest BCUT2D eigenvalue weighted by Crippen LogP contribution is 2.23. The van der Waals surface area contributed by atoms with Crippen molar-refractivity contribution in [1.29, 1.82) is 5.41 Å². The lowest BCUT2D eigenvalue weighted by Gasteiger charge is -2.10. The number of nitrogens with two attached hydrogens (primary N) is 1. The molecule has 0 aliphatic carbocycles. The minimum absolute atomic E-state index is 0.0483. The maximum atomic E-state index is 7.41. The van der Waals surface area contributed by atoms with Crippen molar-refractivity contribution in [3.05, 3.63) is 30.1 Å². The number of rotatable bonds is 4. The van der Waals surface area contributed by atoms with Gasteiger partial charge in [0.2, 0.25) is 0 Å². The molecule has 7 nitrogen and oxygen atoms in total. The van der Waals surface area contributed by atoms with E-state index in [1.54, 1.807) is 18.2 Å². The van der Waals surface area contributed by atoms with E-state index in [2.05, 4.69) is 21.4 Å². The summed E-state index contributed by atoms with van der Waals surface area (Å²) >= 11 is 0. The summed E-state index contributed by atoms with van der Waals surface area (Å²) in [4.78, 5) is 0. The summed E-state index contributed by atoms with van der Waals surface area (Å²) in [5, 5.41) is 18.3. The van der Waals surface area contributed by atoms with E-state index >= 15 is 0 Å². The summed E-state index contributed by atoms with van der Waals surface area (Å²) < 4.78 is 6.80. The summed E-state index contributed by atoms with van der Waals surface area (Å²) in [6, 6.07) is 5.00. The topological polar surface area (TPSA) is 103 Å². The van der Waals surface area contributed by atoms with Gasteiger partial charge in [0.25, 0.3) is 0 Å². The van der Waals surface area contributed by atoms with Crippen LogP contribution in [0.5, 0.6) is 5.75 Å². The van der Waals surface area contributed by atoms with Crippen LogP contribution in [0.1, 0.15) is 5.56 Å².